The Bertz CT molecular complexity index is 1050. The predicted molar refractivity (Wildman–Crippen MR) is 167 cm³/mol. The Morgan fingerprint density at radius 1 is 0.660 bits per heavy atom. The van der Waals surface area contributed by atoms with Gasteiger partial charge in [-0.3, -0.25) is 19.2 Å². The second-order valence-electron chi connectivity index (χ2n) is 13.1. The number of aliphatic carboxylic acids is 1. The van der Waals surface area contributed by atoms with E-state index in [0.717, 1.165) is 7.11 Å². The van der Waals surface area contributed by atoms with E-state index in [1.54, 1.807) is 46.4 Å². The normalized spacial score (nSPS) is 16.9. The number of amides is 4. The summed E-state index contributed by atoms with van der Waals surface area (Å²) in [5.74, 6) is -2.07. The van der Waals surface area contributed by atoms with Crippen LogP contribution in [0.15, 0.2) is 0 Å². The Kier molecular flexibility index (Phi) is 17.7. The minimum atomic E-state index is -1.17. The number of aliphatic hydroxyl groups is 3. The quantitative estimate of drug-likeness (QED) is 0.148. The van der Waals surface area contributed by atoms with Gasteiger partial charge in [-0.25, -0.2) is 9.59 Å². The summed E-state index contributed by atoms with van der Waals surface area (Å²) >= 11 is 0. The van der Waals surface area contributed by atoms with E-state index in [1.807, 2.05) is 0 Å². The highest BCUT2D eigenvalue weighted by Gasteiger charge is 2.43. The molecule has 0 aromatic rings. The van der Waals surface area contributed by atoms with Crippen LogP contribution < -0.4 is 10.6 Å². The van der Waals surface area contributed by atoms with Crippen LogP contribution in [0.4, 0.5) is 9.59 Å². The van der Waals surface area contributed by atoms with Gasteiger partial charge in [0.25, 0.3) is 0 Å². The molecule has 272 valence electrons. The molecule has 17 nitrogen and oxygen atoms in total. The molecular weight excluding hydrogens is 624 g/mol. The largest absolute Gasteiger partial charge is 0.481 e. The van der Waals surface area contributed by atoms with Crippen molar-refractivity contribution in [1.82, 2.24) is 20.4 Å². The highest BCUT2D eigenvalue weighted by atomic mass is 16.6. The number of ether oxygens (including phenoxy) is 3. The van der Waals surface area contributed by atoms with Crippen molar-refractivity contribution in [2.45, 2.75) is 78.4 Å². The van der Waals surface area contributed by atoms with Crippen LogP contribution in [0.25, 0.3) is 0 Å². The van der Waals surface area contributed by atoms with Crippen molar-refractivity contribution >= 4 is 35.9 Å². The third-order valence-corrected chi connectivity index (χ3v) is 7.39. The first-order valence-corrected chi connectivity index (χ1v) is 15.2. The highest BCUT2D eigenvalue weighted by molar-refractivity contribution is 5.84. The number of alkyl carbamates (subject to hydrolysis) is 2. The third-order valence-electron chi connectivity index (χ3n) is 7.39. The summed E-state index contributed by atoms with van der Waals surface area (Å²) in [6.45, 7) is 10.4. The van der Waals surface area contributed by atoms with Gasteiger partial charge in [0.1, 0.15) is 24.3 Å². The molecule has 2 heterocycles. The van der Waals surface area contributed by atoms with Gasteiger partial charge in [0, 0.05) is 33.3 Å². The maximum Gasteiger partial charge on any atom is 0.408 e. The summed E-state index contributed by atoms with van der Waals surface area (Å²) in [6, 6.07) is 0. The Hall–Kier alpha value is -3.70. The number of nitrogens with one attached hydrogen (secondary N) is 2. The first-order valence-electron chi connectivity index (χ1n) is 15.2. The fourth-order valence-electron chi connectivity index (χ4n) is 4.60. The number of likely N-dealkylation sites (tertiary alicyclic amines) is 2. The molecule has 0 atom stereocenters. The highest BCUT2D eigenvalue weighted by Crippen LogP contribution is 2.33. The molecule has 0 aliphatic carbocycles. The van der Waals surface area contributed by atoms with Crippen molar-refractivity contribution in [2.75, 3.05) is 66.7 Å². The molecule has 2 aliphatic rings. The fourth-order valence-corrected chi connectivity index (χ4v) is 4.60. The van der Waals surface area contributed by atoms with Gasteiger partial charge in [-0.15, -0.1) is 0 Å². The lowest BCUT2D eigenvalue weighted by Gasteiger charge is -2.38. The second kappa shape index (κ2) is 19.2. The molecule has 0 spiro atoms. The number of esters is 1. The number of carbonyl (C=O) groups is 6. The Balaban J connectivity index is 0.000000856. The molecule has 2 fully saturated rings. The van der Waals surface area contributed by atoms with Gasteiger partial charge in [-0.2, -0.15) is 0 Å². The molecule has 0 unspecified atom stereocenters. The minimum Gasteiger partial charge on any atom is -0.481 e. The van der Waals surface area contributed by atoms with E-state index in [1.165, 1.54) is 12.0 Å². The van der Waals surface area contributed by atoms with E-state index < -0.39 is 52.8 Å². The monoisotopic (exact) mass is 678 g/mol. The number of carboxylic acid groups (broad SMARTS) is 1. The first-order chi connectivity index (χ1) is 21.7. The molecule has 0 aromatic heterocycles. The van der Waals surface area contributed by atoms with E-state index in [9.17, 15) is 39.0 Å². The molecule has 2 saturated heterocycles. The lowest BCUT2D eigenvalue weighted by molar-refractivity contribution is -0.160. The Morgan fingerprint density at radius 2 is 0.979 bits per heavy atom. The summed E-state index contributed by atoms with van der Waals surface area (Å²) in [7, 11) is 2.28. The predicted octanol–water partition coefficient (Wildman–Crippen LogP) is 0.0905. The molecule has 0 saturated carbocycles. The average molecular weight is 679 g/mol. The van der Waals surface area contributed by atoms with Crippen LogP contribution in [0, 0.1) is 10.8 Å². The zero-order valence-corrected chi connectivity index (χ0v) is 28.8. The van der Waals surface area contributed by atoms with Gasteiger partial charge in [0.15, 0.2) is 0 Å². The van der Waals surface area contributed by atoms with E-state index in [0.29, 0.717) is 25.9 Å². The molecule has 4 amide bonds. The maximum atomic E-state index is 12.1. The molecule has 47 heavy (non-hydrogen) atoms. The number of carboxylic acids is 1. The van der Waals surface area contributed by atoms with Gasteiger partial charge in [0.05, 0.1) is 31.2 Å². The molecule has 0 aromatic carbocycles. The number of hydrogen-bond donors (Lipinski definition) is 6. The topological polar surface area (TPSA) is 242 Å². The average Bonchev–Trinajstić information content (AvgIpc) is 3.01. The smallest absolute Gasteiger partial charge is 0.408 e. The first kappa shape index (κ1) is 43.3. The van der Waals surface area contributed by atoms with Gasteiger partial charge in [0.2, 0.25) is 11.8 Å². The molecular formula is C30H54N4O13. The van der Waals surface area contributed by atoms with Crippen molar-refractivity contribution in [2.24, 2.45) is 10.8 Å². The van der Waals surface area contributed by atoms with E-state index >= 15 is 0 Å². The maximum absolute atomic E-state index is 12.1. The van der Waals surface area contributed by atoms with Crippen LogP contribution in [0.5, 0.6) is 0 Å². The zero-order chi connectivity index (χ0) is 36.6. The van der Waals surface area contributed by atoms with Crippen LogP contribution in [0.1, 0.15) is 67.2 Å². The van der Waals surface area contributed by atoms with Crippen LogP contribution in [0.3, 0.4) is 0 Å². The Labute approximate surface area is 275 Å². The number of carbonyl (C=O) groups excluding carboxylic acids is 5. The summed E-state index contributed by atoms with van der Waals surface area (Å²) in [5.41, 5.74) is -3.38. The summed E-state index contributed by atoms with van der Waals surface area (Å²) in [4.78, 5) is 73.1. The molecule has 17 heteroatoms. The van der Waals surface area contributed by atoms with Crippen molar-refractivity contribution in [3.05, 3.63) is 0 Å². The molecule has 6 N–H and O–H groups in total. The molecule has 2 rings (SSSR count). The number of methoxy groups -OCH3 is 1. The van der Waals surface area contributed by atoms with Crippen molar-refractivity contribution < 1.29 is 63.4 Å². The van der Waals surface area contributed by atoms with Gasteiger partial charge >= 0.3 is 24.1 Å². The van der Waals surface area contributed by atoms with Crippen molar-refractivity contribution in [1.29, 1.82) is 0 Å². The standard InChI is InChI=1S/C15H26N2O6.C14H24N2O6.CH4O/c1-14(2,3)23-13(21)16-9-11(19)17-7-5-15(10-18,6-8-17)12(20)22-4;1-13(2,3)22-12(21)15-8-10(18)16-6-4-14(9-17,5-7-16)11(19)20;1-2/h18H,5-10H2,1-4H3,(H,16,21);17H,4-9H2,1-3H3,(H,15,21)(H,19,20);2H,1H3. The Morgan fingerprint density at radius 3 is 1.23 bits per heavy atom. The molecule has 2 aliphatic heterocycles. The molecule has 0 radical (unpaired) electrons. The fraction of sp³-hybridized carbons (Fsp3) is 0.800. The number of nitrogens with zero attached hydrogens (tertiary/aromatic N) is 2. The third kappa shape index (κ3) is 14.7. The van der Waals surface area contributed by atoms with Crippen LogP contribution in [-0.4, -0.2) is 144 Å². The lowest BCUT2D eigenvalue weighted by atomic mass is 9.79. The minimum absolute atomic E-state index is 0.167. The van der Waals surface area contributed by atoms with Gasteiger partial charge < -0.3 is 55.1 Å². The van der Waals surface area contributed by atoms with Gasteiger partial charge in [-0.05, 0) is 67.2 Å². The van der Waals surface area contributed by atoms with Crippen LogP contribution >= 0.6 is 0 Å². The van der Waals surface area contributed by atoms with E-state index in [-0.39, 0.29) is 57.4 Å². The second-order valence-corrected chi connectivity index (χ2v) is 13.1. The molecule has 0 bridgehead atoms. The van der Waals surface area contributed by atoms with Crippen molar-refractivity contribution in [3.8, 4) is 0 Å². The number of hydrogen-bond acceptors (Lipinski definition) is 12. The summed E-state index contributed by atoms with van der Waals surface area (Å²) in [6.07, 6.45) is -0.285. The number of rotatable bonds is 8. The summed E-state index contributed by atoms with van der Waals surface area (Å²) < 4.78 is 14.8. The summed E-state index contributed by atoms with van der Waals surface area (Å²) in [5, 5.41) is 39.7. The SMILES string of the molecule is CC(C)(C)OC(=O)NCC(=O)N1CCC(CO)(C(=O)O)CC1.CO.COC(=O)C1(CO)CCN(C(=O)CNC(=O)OC(C)(C)C)CC1. The van der Waals surface area contributed by atoms with E-state index in [4.69, 9.17) is 24.4 Å². The van der Waals surface area contributed by atoms with E-state index in [2.05, 4.69) is 10.6 Å². The van der Waals surface area contributed by atoms with Gasteiger partial charge in [-0.1, -0.05) is 0 Å². The van der Waals surface area contributed by atoms with Crippen molar-refractivity contribution in [3.63, 3.8) is 0 Å². The number of aliphatic hydroxyl groups excluding tert-OH is 3. The zero-order valence-electron chi connectivity index (χ0n) is 28.8. The van der Waals surface area contributed by atoms with Crippen LogP contribution in [0.2, 0.25) is 0 Å². The number of piperidine rings is 2. The lowest BCUT2D eigenvalue weighted by Crippen LogP contribution is -2.51. The van der Waals surface area contributed by atoms with Crippen LogP contribution in [-0.2, 0) is 33.4 Å².